The Morgan fingerprint density at radius 3 is 2.50 bits per heavy atom. The summed E-state index contributed by atoms with van der Waals surface area (Å²) in [6.07, 6.45) is 0. The van der Waals surface area contributed by atoms with Crippen LogP contribution in [0.5, 0.6) is 0 Å². The molecule has 9 heteroatoms. The molecule has 2 rings (SSSR count). The van der Waals surface area contributed by atoms with Crippen molar-refractivity contribution >= 4 is 29.2 Å². The summed E-state index contributed by atoms with van der Waals surface area (Å²) >= 11 is 1.13. The van der Waals surface area contributed by atoms with Crippen molar-refractivity contribution in [3.63, 3.8) is 0 Å². The minimum absolute atomic E-state index is 0.0697. The van der Waals surface area contributed by atoms with Crippen molar-refractivity contribution in [2.24, 2.45) is 0 Å². The molecule has 8 nitrogen and oxygen atoms in total. The van der Waals surface area contributed by atoms with E-state index in [1.54, 1.807) is 10.3 Å². The Kier molecular flexibility index (Phi) is 4.51. The van der Waals surface area contributed by atoms with Crippen molar-refractivity contribution < 1.29 is 0 Å². The summed E-state index contributed by atoms with van der Waals surface area (Å²) in [4.78, 5) is 28.4. The molecule has 2 aromatic rings. The highest BCUT2D eigenvalue weighted by atomic mass is 32.1. The predicted molar refractivity (Wildman–Crippen MR) is 80.6 cm³/mol. The van der Waals surface area contributed by atoms with E-state index in [9.17, 15) is 4.79 Å². The first-order valence-corrected chi connectivity index (χ1v) is 7.04. The maximum absolute atomic E-state index is 11.1. The third kappa shape index (κ3) is 3.67. The second kappa shape index (κ2) is 6.33. The van der Waals surface area contributed by atoms with Gasteiger partial charge >= 0.3 is 4.87 Å². The SMILES string of the molecule is CCNc1nc(NCc2csc(=O)[nH]2)nc(N(C)C)n1. The number of nitrogens with one attached hydrogen (secondary N) is 3. The number of hydrogen-bond acceptors (Lipinski definition) is 8. The number of thiazole rings is 1. The van der Waals surface area contributed by atoms with Crippen LogP contribution in [0, 0.1) is 0 Å². The first kappa shape index (κ1) is 14.3. The van der Waals surface area contributed by atoms with Crippen LogP contribution in [0.25, 0.3) is 0 Å². The van der Waals surface area contributed by atoms with Crippen molar-refractivity contribution in [3.05, 3.63) is 20.7 Å². The second-order valence-electron chi connectivity index (χ2n) is 4.23. The molecule has 0 saturated heterocycles. The molecule has 0 radical (unpaired) electrons. The van der Waals surface area contributed by atoms with Gasteiger partial charge in [-0.15, -0.1) is 0 Å². The zero-order valence-corrected chi connectivity index (χ0v) is 12.4. The van der Waals surface area contributed by atoms with Crippen LogP contribution in [0.15, 0.2) is 10.2 Å². The Bertz CT molecular complexity index is 621. The molecule has 108 valence electrons. The van der Waals surface area contributed by atoms with Crippen LogP contribution in [0.3, 0.4) is 0 Å². The largest absolute Gasteiger partial charge is 0.354 e. The third-order valence-corrected chi connectivity index (χ3v) is 3.08. The number of anilines is 3. The summed E-state index contributed by atoms with van der Waals surface area (Å²) in [6.45, 7) is 3.16. The van der Waals surface area contributed by atoms with Gasteiger partial charge in [0.2, 0.25) is 17.8 Å². The predicted octanol–water partition coefficient (Wildman–Crippen LogP) is 0.731. The van der Waals surface area contributed by atoms with Gasteiger partial charge < -0.3 is 20.5 Å². The van der Waals surface area contributed by atoms with Crippen molar-refractivity contribution in [2.45, 2.75) is 13.5 Å². The van der Waals surface area contributed by atoms with E-state index in [0.29, 0.717) is 24.4 Å². The zero-order chi connectivity index (χ0) is 14.5. The van der Waals surface area contributed by atoms with Gasteiger partial charge in [0, 0.05) is 31.7 Å². The summed E-state index contributed by atoms with van der Waals surface area (Å²) in [7, 11) is 3.73. The molecule has 2 aromatic heterocycles. The number of aromatic amines is 1. The number of nitrogens with zero attached hydrogens (tertiary/aromatic N) is 4. The molecule has 0 saturated carbocycles. The smallest absolute Gasteiger partial charge is 0.304 e. The van der Waals surface area contributed by atoms with Crippen LogP contribution in [-0.2, 0) is 6.54 Å². The molecule has 0 spiro atoms. The van der Waals surface area contributed by atoms with Crippen LogP contribution < -0.4 is 20.4 Å². The molecule has 2 heterocycles. The highest BCUT2D eigenvalue weighted by Crippen LogP contribution is 2.12. The van der Waals surface area contributed by atoms with Gasteiger partial charge in [0.25, 0.3) is 0 Å². The molecule has 3 N–H and O–H groups in total. The van der Waals surface area contributed by atoms with Gasteiger partial charge in [0.1, 0.15) is 0 Å². The van der Waals surface area contributed by atoms with Crippen molar-refractivity contribution in [3.8, 4) is 0 Å². The summed E-state index contributed by atoms with van der Waals surface area (Å²) in [5.74, 6) is 1.55. The van der Waals surface area contributed by atoms with Gasteiger partial charge in [-0.05, 0) is 6.92 Å². The molecule has 0 amide bonds. The zero-order valence-electron chi connectivity index (χ0n) is 11.6. The number of rotatable bonds is 6. The number of H-pyrrole nitrogens is 1. The number of aromatic nitrogens is 4. The van der Waals surface area contributed by atoms with Gasteiger partial charge in [-0.2, -0.15) is 15.0 Å². The van der Waals surface area contributed by atoms with Crippen molar-refractivity contribution in [2.75, 3.05) is 36.2 Å². The van der Waals surface area contributed by atoms with Gasteiger partial charge in [0.05, 0.1) is 6.54 Å². The van der Waals surface area contributed by atoms with Gasteiger partial charge in [-0.3, -0.25) is 4.79 Å². The van der Waals surface area contributed by atoms with Gasteiger partial charge in [-0.25, -0.2) is 0 Å². The highest BCUT2D eigenvalue weighted by Gasteiger charge is 2.07. The Hall–Kier alpha value is -2.16. The lowest BCUT2D eigenvalue weighted by Crippen LogP contribution is -2.17. The molecule has 0 aliphatic carbocycles. The highest BCUT2D eigenvalue weighted by molar-refractivity contribution is 7.07. The lowest BCUT2D eigenvalue weighted by molar-refractivity contribution is 0.929. The lowest BCUT2D eigenvalue weighted by Gasteiger charge is -2.13. The first-order valence-electron chi connectivity index (χ1n) is 6.16. The third-order valence-electron chi connectivity index (χ3n) is 2.37. The fourth-order valence-electron chi connectivity index (χ4n) is 1.46. The van der Waals surface area contributed by atoms with Crippen molar-refractivity contribution in [1.29, 1.82) is 0 Å². The average Bonchev–Trinajstić information content (AvgIpc) is 2.82. The summed E-state index contributed by atoms with van der Waals surface area (Å²) in [5, 5.41) is 7.91. The molecule has 0 unspecified atom stereocenters. The fourth-order valence-corrected chi connectivity index (χ4v) is 2.04. The van der Waals surface area contributed by atoms with Gasteiger partial charge in [-0.1, -0.05) is 11.3 Å². The van der Waals surface area contributed by atoms with E-state index in [4.69, 9.17) is 0 Å². The van der Waals surface area contributed by atoms with E-state index >= 15 is 0 Å². The molecular formula is C11H17N7OS. The fraction of sp³-hybridized carbons (Fsp3) is 0.455. The minimum atomic E-state index is -0.0697. The van der Waals surface area contributed by atoms with Crippen molar-refractivity contribution in [1.82, 2.24) is 19.9 Å². The maximum atomic E-state index is 11.1. The summed E-state index contributed by atoms with van der Waals surface area (Å²) < 4.78 is 0. The van der Waals surface area contributed by atoms with Gasteiger partial charge in [0.15, 0.2) is 0 Å². The molecule has 0 aliphatic heterocycles. The summed E-state index contributed by atoms with van der Waals surface area (Å²) in [6, 6.07) is 0. The quantitative estimate of drug-likeness (QED) is 0.722. The Balaban J connectivity index is 2.15. The monoisotopic (exact) mass is 295 g/mol. The standard InChI is InChI=1S/C11H17N7OS/c1-4-12-8-15-9(17-10(16-8)18(2)3)13-5-7-6-20-11(19)14-7/h6H,4-5H2,1-3H3,(H,14,19)(H2,12,13,15,16,17). The summed E-state index contributed by atoms with van der Waals surface area (Å²) in [5.41, 5.74) is 0.803. The normalized spacial score (nSPS) is 10.3. The second-order valence-corrected chi connectivity index (χ2v) is 5.08. The Morgan fingerprint density at radius 2 is 1.95 bits per heavy atom. The topological polar surface area (TPSA) is 98.8 Å². The van der Waals surface area contributed by atoms with E-state index in [1.165, 1.54) is 0 Å². The Morgan fingerprint density at radius 1 is 1.25 bits per heavy atom. The lowest BCUT2D eigenvalue weighted by atomic mass is 10.5. The van der Waals surface area contributed by atoms with Crippen LogP contribution in [0.1, 0.15) is 12.6 Å². The molecule has 20 heavy (non-hydrogen) atoms. The molecule has 0 aromatic carbocycles. The minimum Gasteiger partial charge on any atom is -0.354 e. The van der Waals surface area contributed by atoms with Crippen LogP contribution in [0.2, 0.25) is 0 Å². The average molecular weight is 295 g/mol. The molecular weight excluding hydrogens is 278 g/mol. The molecule has 0 fully saturated rings. The van der Waals surface area contributed by atoms with Crippen LogP contribution in [0.4, 0.5) is 17.8 Å². The van der Waals surface area contributed by atoms with E-state index in [-0.39, 0.29) is 4.87 Å². The maximum Gasteiger partial charge on any atom is 0.304 e. The number of hydrogen-bond donors (Lipinski definition) is 3. The van der Waals surface area contributed by atoms with E-state index in [1.807, 2.05) is 21.0 Å². The van der Waals surface area contributed by atoms with E-state index in [2.05, 4.69) is 30.6 Å². The molecule has 0 bridgehead atoms. The molecule has 0 aliphatic rings. The molecule has 0 atom stereocenters. The van der Waals surface area contributed by atoms with Crippen LogP contribution >= 0.6 is 11.3 Å². The first-order chi connectivity index (χ1) is 9.58. The van der Waals surface area contributed by atoms with Crippen LogP contribution in [-0.4, -0.2) is 40.6 Å². The van der Waals surface area contributed by atoms with E-state index in [0.717, 1.165) is 23.6 Å². The van der Waals surface area contributed by atoms with E-state index < -0.39 is 0 Å². The Labute approximate surface area is 120 Å².